The van der Waals surface area contributed by atoms with Crippen LogP contribution in [0.15, 0.2) is 34.8 Å². The maximum absolute atomic E-state index is 10.6. The summed E-state index contributed by atoms with van der Waals surface area (Å²) in [5.74, 6) is 0. The molecule has 2 aromatic rings. The molecule has 1 nitrogen and oxygen atoms in total. The van der Waals surface area contributed by atoms with Crippen LogP contribution in [0, 0.1) is 6.92 Å². The van der Waals surface area contributed by atoms with Crippen LogP contribution in [0.3, 0.4) is 0 Å². The van der Waals surface area contributed by atoms with E-state index in [9.17, 15) is 5.11 Å². The lowest BCUT2D eigenvalue weighted by atomic mass is 9.95. The fourth-order valence-corrected chi connectivity index (χ4v) is 3.41. The molecule has 3 heteroatoms. The summed E-state index contributed by atoms with van der Waals surface area (Å²) in [6.45, 7) is 8.61. The molecule has 1 heterocycles. The zero-order valence-electron chi connectivity index (χ0n) is 11.7. The third-order valence-corrected chi connectivity index (χ3v) is 5.23. The second-order valence-corrected chi connectivity index (χ2v) is 7.89. The molecule has 1 aromatic carbocycles. The quantitative estimate of drug-likeness (QED) is 0.797. The predicted octanol–water partition coefficient (Wildman–Crippen LogP) is 5.20. The molecule has 0 saturated carbocycles. The molecule has 1 unspecified atom stereocenters. The smallest absolute Gasteiger partial charge is 0.113 e. The molecule has 0 aliphatic heterocycles. The highest BCUT2D eigenvalue weighted by atomic mass is 79.9. The predicted molar refractivity (Wildman–Crippen MR) is 86.0 cm³/mol. The van der Waals surface area contributed by atoms with Crippen LogP contribution in [0.25, 0.3) is 0 Å². The Morgan fingerprint density at radius 3 is 2.42 bits per heavy atom. The first kappa shape index (κ1) is 14.8. The number of halogens is 1. The monoisotopic (exact) mass is 338 g/mol. The molecule has 0 aliphatic carbocycles. The molecule has 0 fully saturated rings. The van der Waals surface area contributed by atoms with Crippen molar-refractivity contribution in [3.05, 3.63) is 55.7 Å². The van der Waals surface area contributed by atoms with E-state index in [1.165, 1.54) is 4.88 Å². The van der Waals surface area contributed by atoms with Gasteiger partial charge in [-0.2, -0.15) is 0 Å². The van der Waals surface area contributed by atoms with Crippen molar-refractivity contribution in [3.8, 4) is 0 Å². The molecule has 1 atom stereocenters. The molecule has 0 aliphatic rings. The third-order valence-electron chi connectivity index (χ3n) is 3.17. The highest BCUT2D eigenvalue weighted by molar-refractivity contribution is 9.10. The van der Waals surface area contributed by atoms with Gasteiger partial charge in [-0.05, 0) is 47.7 Å². The first-order chi connectivity index (χ1) is 8.79. The topological polar surface area (TPSA) is 20.2 Å². The lowest BCUT2D eigenvalue weighted by molar-refractivity contribution is 0.223. The largest absolute Gasteiger partial charge is 0.383 e. The van der Waals surface area contributed by atoms with Crippen molar-refractivity contribution in [2.45, 2.75) is 39.2 Å². The van der Waals surface area contributed by atoms with Crippen molar-refractivity contribution in [2.75, 3.05) is 0 Å². The Balaban J connectivity index is 2.36. The van der Waals surface area contributed by atoms with Crippen LogP contribution in [-0.2, 0) is 5.41 Å². The first-order valence-electron chi connectivity index (χ1n) is 6.33. The average Bonchev–Trinajstić information content (AvgIpc) is 2.80. The number of thiophene rings is 1. The maximum atomic E-state index is 10.6. The Kier molecular flexibility index (Phi) is 4.19. The minimum absolute atomic E-state index is 0.134. The lowest BCUT2D eigenvalue weighted by Crippen LogP contribution is -2.07. The highest BCUT2D eigenvalue weighted by Gasteiger charge is 2.20. The molecule has 1 N–H and O–H groups in total. The standard InChI is InChI=1S/C16H19BrOS/c1-10-5-6-11(17)9-12(10)15(18)13-7-8-14(19-13)16(2,3)4/h5-9,15,18H,1-4H3. The van der Waals surface area contributed by atoms with Crippen LogP contribution in [-0.4, -0.2) is 5.11 Å². The molecule has 0 radical (unpaired) electrons. The molecule has 0 spiro atoms. The zero-order chi connectivity index (χ0) is 14.2. The van der Waals surface area contributed by atoms with Gasteiger partial charge in [0.25, 0.3) is 0 Å². The Morgan fingerprint density at radius 1 is 1.16 bits per heavy atom. The molecule has 0 amide bonds. The molecule has 0 saturated heterocycles. The van der Waals surface area contributed by atoms with Crippen molar-refractivity contribution in [1.82, 2.24) is 0 Å². The average molecular weight is 339 g/mol. The summed E-state index contributed by atoms with van der Waals surface area (Å²) in [6, 6.07) is 10.2. The van der Waals surface area contributed by atoms with Crippen molar-refractivity contribution >= 4 is 27.3 Å². The van der Waals surface area contributed by atoms with E-state index in [0.717, 1.165) is 20.5 Å². The van der Waals surface area contributed by atoms with Gasteiger partial charge >= 0.3 is 0 Å². The fraction of sp³-hybridized carbons (Fsp3) is 0.375. The van der Waals surface area contributed by atoms with Gasteiger partial charge in [-0.3, -0.25) is 0 Å². The molecule has 2 rings (SSSR count). The minimum Gasteiger partial charge on any atom is -0.383 e. The van der Waals surface area contributed by atoms with Crippen LogP contribution < -0.4 is 0 Å². The number of aryl methyl sites for hydroxylation is 1. The molecular weight excluding hydrogens is 320 g/mol. The Hall–Kier alpha value is -0.640. The molecule has 0 bridgehead atoms. The van der Waals surface area contributed by atoms with Gasteiger partial charge in [-0.1, -0.05) is 42.8 Å². The van der Waals surface area contributed by atoms with E-state index in [-0.39, 0.29) is 5.41 Å². The molecule has 102 valence electrons. The van der Waals surface area contributed by atoms with Crippen molar-refractivity contribution in [3.63, 3.8) is 0 Å². The Bertz CT molecular complexity index is 581. The summed E-state index contributed by atoms with van der Waals surface area (Å²) >= 11 is 5.16. The van der Waals surface area contributed by atoms with Gasteiger partial charge in [-0.15, -0.1) is 11.3 Å². The van der Waals surface area contributed by atoms with E-state index in [1.54, 1.807) is 11.3 Å². The van der Waals surface area contributed by atoms with E-state index in [2.05, 4.69) is 42.8 Å². The molecule has 19 heavy (non-hydrogen) atoms. The van der Waals surface area contributed by atoms with Crippen LogP contribution >= 0.6 is 27.3 Å². The summed E-state index contributed by atoms with van der Waals surface area (Å²) in [5.41, 5.74) is 2.22. The Morgan fingerprint density at radius 2 is 1.84 bits per heavy atom. The van der Waals surface area contributed by atoms with Gasteiger partial charge in [0.1, 0.15) is 6.10 Å². The van der Waals surface area contributed by atoms with Gasteiger partial charge in [-0.25, -0.2) is 0 Å². The normalized spacial score (nSPS) is 13.6. The summed E-state index contributed by atoms with van der Waals surface area (Å²) < 4.78 is 1.000. The minimum atomic E-state index is -0.543. The van der Waals surface area contributed by atoms with Gasteiger partial charge in [0.15, 0.2) is 0 Å². The summed E-state index contributed by atoms with van der Waals surface area (Å²) in [7, 11) is 0. The van der Waals surface area contributed by atoms with Crippen molar-refractivity contribution in [1.29, 1.82) is 0 Å². The van der Waals surface area contributed by atoms with E-state index < -0.39 is 6.10 Å². The number of benzene rings is 1. The third kappa shape index (κ3) is 3.28. The second-order valence-electron chi connectivity index (χ2n) is 5.86. The van der Waals surface area contributed by atoms with E-state index in [0.29, 0.717) is 0 Å². The van der Waals surface area contributed by atoms with Crippen LogP contribution in [0.2, 0.25) is 0 Å². The molecule has 1 aromatic heterocycles. The number of aliphatic hydroxyl groups excluding tert-OH is 1. The lowest BCUT2D eigenvalue weighted by Gasteiger charge is -2.16. The van der Waals surface area contributed by atoms with Gasteiger partial charge in [0.05, 0.1) is 0 Å². The van der Waals surface area contributed by atoms with Crippen LogP contribution in [0.5, 0.6) is 0 Å². The van der Waals surface area contributed by atoms with Crippen LogP contribution in [0.1, 0.15) is 47.8 Å². The number of hydrogen-bond donors (Lipinski definition) is 1. The van der Waals surface area contributed by atoms with Crippen molar-refractivity contribution < 1.29 is 5.11 Å². The van der Waals surface area contributed by atoms with Gasteiger partial charge in [0.2, 0.25) is 0 Å². The molecular formula is C16H19BrOS. The van der Waals surface area contributed by atoms with E-state index in [4.69, 9.17) is 0 Å². The maximum Gasteiger partial charge on any atom is 0.113 e. The second kappa shape index (κ2) is 5.39. The first-order valence-corrected chi connectivity index (χ1v) is 7.94. The summed E-state index contributed by atoms with van der Waals surface area (Å²) in [5, 5.41) is 10.6. The van der Waals surface area contributed by atoms with Crippen molar-refractivity contribution in [2.24, 2.45) is 0 Å². The van der Waals surface area contributed by atoms with E-state index >= 15 is 0 Å². The zero-order valence-corrected chi connectivity index (χ0v) is 14.1. The Labute approximate surface area is 127 Å². The van der Waals surface area contributed by atoms with Gasteiger partial charge in [0, 0.05) is 14.2 Å². The SMILES string of the molecule is Cc1ccc(Br)cc1C(O)c1ccc(C(C)(C)C)s1. The summed E-state index contributed by atoms with van der Waals surface area (Å²) in [6.07, 6.45) is -0.543. The number of hydrogen-bond acceptors (Lipinski definition) is 2. The summed E-state index contributed by atoms with van der Waals surface area (Å²) in [4.78, 5) is 2.31. The van der Waals surface area contributed by atoms with E-state index in [1.807, 2.05) is 31.2 Å². The van der Waals surface area contributed by atoms with Crippen LogP contribution in [0.4, 0.5) is 0 Å². The highest BCUT2D eigenvalue weighted by Crippen LogP contribution is 2.36. The fourth-order valence-electron chi connectivity index (χ4n) is 1.96. The number of rotatable bonds is 2. The number of aliphatic hydroxyl groups is 1. The van der Waals surface area contributed by atoms with Gasteiger partial charge < -0.3 is 5.11 Å².